The number of aromatic amines is 1. The molecule has 0 spiro atoms. The zero-order valence-electron chi connectivity index (χ0n) is 17.1. The van der Waals surface area contributed by atoms with Gasteiger partial charge in [0.05, 0.1) is 17.4 Å². The number of hydrogen-bond donors (Lipinski definition) is 2. The Morgan fingerprint density at radius 3 is 2.80 bits per heavy atom. The lowest BCUT2D eigenvalue weighted by atomic mass is 9.99. The summed E-state index contributed by atoms with van der Waals surface area (Å²) in [5, 5.41) is 10.4. The monoisotopic (exact) mass is 453 g/mol. The van der Waals surface area contributed by atoms with Gasteiger partial charge in [0.15, 0.2) is 0 Å². The number of piperidine rings is 1. The molecule has 2 aromatic rings. The predicted octanol–water partition coefficient (Wildman–Crippen LogP) is 1.82. The molecule has 1 saturated heterocycles. The quantitative estimate of drug-likeness (QED) is 0.439. The molecular weight excluding hydrogens is 426 g/mol. The van der Waals surface area contributed by atoms with Gasteiger partial charge in [-0.15, -0.1) is 5.10 Å². The van der Waals surface area contributed by atoms with E-state index in [1.54, 1.807) is 24.3 Å². The van der Waals surface area contributed by atoms with Gasteiger partial charge in [-0.25, -0.2) is 13.4 Å². The molecule has 11 heteroatoms. The molecule has 164 valence electrons. The molecule has 1 aliphatic heterocycles. The summed E-state index contributed by atoms with van der Waals surface area (Å²) in [6.45, 7) is 5.30. The van der Waals surface area contributed by atoms with Gasteiger partial charge < -0.3 is 10.1 Å². The molecule has 1 atom stereocenters. The summed E-state index contributed by atoms with van der Waals surface area (Å²) in [5.41, 5.74) is 0. The number of thioether (sulfide) groups is 1. The molecule has 2 heterocycles. The summed E-state index contributed by atoms with van der Waals surface area (Å²) in [4.78, 5) is 17.0. The number of aromatic nitrogens is 3. The molecule has 0 saturated carbocycles. The molecule has 0 unspecified atom stereocenters. The lowest BCUT2D eigenvalue weighted by Crippen LogP contribution is -2.45. The number of hydrogen-bond acceptors (Lipinski definition) is 7. The molecule has 0 aliphatic carbocycles. The fourth-order valence-electron chi connectivity index (χ4n) is 3.25. The molecule has 0 bridgehead atoms. The van der Waals surface area contributed by atoms with E-state index in [2.05, 4.69) is 20.5 Å². The zero-order valence-corrected chi connectivity index (χ0v) is 18.8. The number of ether oxygens (including phenoxy) is 1. The molecule has 3 rings (SSSR count). The Balaban J connectivity index is 1.52. The molecular formula is C19H27N5O4S2. The maximum Gasteiger partial charge on any atom is 0.243 e. The van der Waals surface area contributed by atoms with Crippen molar-refractivity contribution in [3.8, 4) is 5.75 Å². The van der Waals surface area contributed by atoms with Gasteiger partial charge in [0.1, 0.15) is 11.6 Å². The number of nitrogens with zero attached hydrogens (tertiary/aromatic N) is 3. The highest BCUT2D eigenvalue weighted by molar-refractivity contribution is 7.99. The summed E-state index contributed by atoms with van der Waals surface area (Å²) in [6.07, 6.45) is 1.33. The van der Waals surface area contributed by atoms with Gasteiger partial charge in [0.2, 0.25) is 21.1 Å². The standard InChI is InChI=1S/C19H27N5O4S2/c1-3-28-16-6-8-17(9-7-16)30(26,27)24-11-4-5-15(13-24)18(25)20-10-12-29-19-21-14(2)22-23-19/h6-9,15H,3-5,10-13H2,1-2H3,(H,20,25)(H,21,22,23)/t15-/m0/s1. The van der Waals surface area contributed by atoms with Gasteiger partial charge in [0.25, 0.3) is 0 Å². The van der Waals surface area contributed by atoms with E-state index in [-0.39, 0.29) is 23.3 Å². The lowest BCUT2D eigenvalue weighted by Gasteiger charge is -2.31. The highest BCUT2D eigenvalue weighted by Gasteiger charge is 2.33. The zero-order chi connectivity index (χ0) is 21.6. The van der Waals surface area contributed by atoms with Crippen molar-refractivity contribution in [2.45, 2.75) is 36.7 Å². The van der Waals surface area contributed by atoms with Crippen molar-refractivity contribution in [3.05, 3.63) is 30.1 Å². The van der Waals surface area contributed by atoms with Crippen LogP contribution < -0.4 is 10.1 Å². The molecule has 2 N–H and O–H groups in total. The second-order valence-corrected chi connectivity index (χ2v) is 9.95. The first-order valence-electron chi connectivity index (χ1n) is 9.92. The van der Waals surface area contributed by atoms with Crippen molar-refractivity contribution in [1.29, 1.82) is 0 Å². The minimum Gasteiger partial charge on any atom is -0.494 e. The number of sulfonamides is 1. The van der Waals surface area contributed by atoms with Crippen molar-refractivity contribution in [2.75, 3.05) is 32.0 Å². The van der Waals surface area contributed by atoms with E-state index in [1.807, 2.05) is 13.8 Å². The Labute approximate surface area is 181 Å². The second-order valence-electron chi connectivity index (χ2n) is 6.95. The maximum atomic E-state index is 13.0. The number of amides is 1. The summed E-state index contributed by atoms with van der Waals surface area (Å²) in [7, 11) is -3.65. The van der Waals surface area contributed by atoms with E-state index < -0.39 is 10.0 Å². The molecule has 1 aromatic heterocycles. The molecule has 1 aromatic carbocycles. The first kappa shape index (κ1) is 22.6. The molecule has 1 fully saturated rings. The minimum atomic E-state index is -3.65. The number of rotatable bonds is 9. The molecule has 0 radical (unpaired) electrons. The van der Waals surface area contributed by atoms with Crippen LogP contribution in [0.15, 0.2) is 34.3 Å². The van der Waals surface area contributed by atoms with Crippen LogP contribution in [0.1, 0.15) is 25.6 Å². The van der Waals surface area contributed by atoms with Crippen LogP contribution in [-0.4, -0.2) is 65.8 Å². The fourth-order valence-corrected chi connectivity index (χ4v) is 5.47. The van der Waals surface area contributed by atoms with E-state index in [0.29, 0.717) is 49.2 Å². The third-order valence-electron chi connectivity index (χ3n) is 4.74. The van der Waals surface area contributed by atoms with Crippen LogP contribution in [-0.2, 0) is 14.8 Å². The van der Waals surface area contributed by atoms with E-state index >= 15 is 0 Å². The largest absolute Gasteiger partial charge is 0.494 e. The molecule has 1 aliphatic rings. The Kier molecular flexibility index (Phi) is 7.73. The van der Waals surface area contributed by atoms with Crippen LogP contribution in [0.25, 0.3) is 0 Å². The predicted molar refractivity (Wildman–Crippen MR) is 114 cm³/mol. The topological polar surface area (TPSA) is 117 Å². The van der Waals surface area contributed by atoms with E-state index in [4.69, 9.17) is 4.74 Å². The average molecular weight is 454 g/mol. The molecule has 9 nitrogen and oxygen atoms in total. The van der Waals surface area contributed by atoms with Gasteiger partial charge in [-0.3, -0.25) is 9.89 Å². The number of nitrogens with one attached hydrogen (secondary N) is 2. The molecule has 30 heavy (non-hydrogen) atoms. The Bertz CT molecular complexity index is 946. The van der Waals surface area contributed by atoms with Gasteiger partial charge in [-0.1, -0.05) is 11.8 Å². The minimum absolute atomic E-state index is 0.117. The third-order valence-corrected chi connectivity index (χ3v) is 7.46. The number of benzene rings is 1. The van der Waals surface area contributed by atoms with Crippen molar-refractivity contribution in [1.82, 2.24) is 24.8 Å². The number of carbonyl (C=O) groups excluding carboxylic acids is 1. The first-order valence-corrected chi connectivity index (χ1v) is 12.3. The Hall–Kier alpha value is -2.11. The van der Waals surface area contributed by atoms with Gasteiger partial charge in [0, 0.05) is 25.4 Å². The Morgan fingerprint density at radius 2 is 2.13 bits per heavy atom. The van der Waals surface area contributed by atoms with Crippen molar-refractivity contribution in [3.63, 3.8) is 0 Å². The smallest absolute Gasteiger partial charge is 0.243 e. The van der Waals surface area contributed by atoms with E-state index in [9.17, 15) is 13.2 Å². The van der Waals surface area contributed by atoms with Crippen molar-refractivity contribution >= 4 is 27.7 Å². The fraction of sp³-hybridized carbons (Fsp3) is 0.526. The SMILES string of the molecule is CCOc1ccc(S(=O)(=O)N2CCC[C@H](C(=O)NCCSc3n[nH]c(C)n3)C2)cc1. The van der Waals surface area contributed by atoms with Crippen molar-refractivity contribution < 1.29 is 17.9 Å². The van der Waals surface area contributed by atoms with Crippen LogP contribution in [0.2, 0.25) is 0 Å². The molecule has 1 amide bonds. The van der Waals surface area contributed by atoms with Crippen LogP contribution >= 0.6 is 11.8 Å². The van der Waals surface area contributed by atoms with Gasteiger partial charge in [-0.05, 0) is 51.0 Å². The van der Waals surface area contributed by atoms with Crippen LogP contribution in [0, 0.1) is 12.8 Å². The maximum absolute atomic E-state index is 13.0. The number of carbonyl (C=O) groups is 1. The van der Waals surface area contributed by atoms with Gasteiger partial charge in [-0.2, -0.15) is 4.31 Å². The normalized spacial score (nSPS) is 17.6. The summed E-state index contributed by atoms with van der Waals surface area (Å²) in [5.74, 6) is 1.55. The first-order chi connectivity index (χ1) is 14.4. The lowest BCUT2D eigenvalue weighted by molar-refractivity contribution is -0.125. The van der Waals surface area contributed by atoms with E-state index in [1.165, 1.54) is 16.1 Å². The van der Waals surface area contributed by atoms with Crippen LogP contribution in [0.3, 0.4) is 0 Å². The highest BCUT2D eigenvalue weighted by atomic mass is 32.2. The van der Waals surface area contributed by atoms with Gasteiger partial charge >= 0.3 is 0 Å². The number of H-pyrrole nitrogens is 1. The van der Waals surface area contributed by atoms with Crippen molar-refractivity contribution in [2.24, 2.45) is 5.92 Å². The summed E-state index contributed by atoms with van der Waals surface area (Å²) >= 11 is 1.45. The average Bonchev–Trinajstić information content (AvgIpc) is 3.17. The second kappa shape index (κ2) is 10.3. The summed E-state index contributed by atoms with van der Waals surface area (Å²) in [6, 6.07) is 6.40. The highest BCUT2D eigenvalue weighted by Crippen LogP contribution is 2.25. The number of aryl methyl sites for hydroxylation is 1. The summed E-state index contributed by atoms with van der Waals surface area (Å²) < 4.78 is 32.7. The third kappa shape index (κ3) is 5.73. The Morgan fingerprint density at radius 1 is 1.37 bits per heavy atom. The van der Waals surface area contributed by atoms with E-state index in [0.717, 1.165) is 5.82 Å². The van der Waals surface area contributed by atoms with Crippen LogP contribution in [0.4, 0.5) is 0 Å². The van der Waals surface area contributed by atoms with Crippen LogP contribution in [0.5, 0.6) is 5.75 Å².